The molecule has 5 nitrogen and oxygen atoms in total. The van der Waals surface area contributed by atoms with Gasteiger partial charge in [0.05, 0.1) is 6.61 Å². The van der Waals surface area contributed by atoms with Crippen molar-refractivity contribution < 1.29 is 14.3 Å². The largest absolute Gasteiger partial charge is 0.491 e. The van der Waals surface area contributed by atoms with Crippen LogP contribution in [0.3, 0.4) is 0 Å². The van der Waals surface area contributed by atoms with Gasteiger partial charge in [-0.3, -0.25) is 4.79 Å². The number of nitrogen functional groups attached to an aromatic ring is 1. The van der Waals surface area contributed by atoms with Crippen LogP contribution >= 0.6 is 0 Å². The van der Waals surface area contributed by atoms with E-state index < -0.39 is 0 Å². The summed E-state index contributed by atoms with van der Waals surface area (Å²) in [6.07, 6.45) is 0. The van der Waals surface area contributed by atoms with Crippen molar-refractivity contribution in [3.8, 4) is 5.75 Å². The zero-order chi connectivity index (χ0) is 15.8. The summed E-state index contributed by atoms with van der Waals surface area (Å²) in [6, 6.07) is 14.8. The molecule has 0 aliphatic rings. The smallest absolute Gasteiger partial charge is 0.250 e. The van der Waals surface area contributed by atoms with E-state index in [4.69, 9.17) is 15.2 Å². The number of para-hydroxylation sites is 1. The van der Waals surface area contributed by atoms with Gasteiger partial charge in [0.15, 0.2) is 0 Å². The molecule has 0 heterocycles. The minimum absolute atomic E-state index is 0.0214. The Hall–Kier alpha value is -2.53. The molecule has 3 N–H and O–H groups in total. The van der Waals surface area contributed by atoms with Crippen molar-refractivity contribution in [2.24, 2.45) is 0 Å². The lowest BCUT2D eigenvalue weighted by Gasteiger charge is -2.10. The van der Waals surface area contributed by atoms with E-state index in [0.717, 1.165) is 11.3 Å². The van der Waals surface area contributed by atoms with Crippen LogP contribution in [0.15, 0.2) is 48.5 Å². The molecule has 2 aromatic rings. The molecule has 0 atom stereocenters. The summed E-state index contributed by atoms with van der Waals surface area (Å²) in [7, 11) is 0. The molecule has 1 amide bonds. The molecule has 0 aromatic heterocycles. The summed E-state index contributed by atoms with van der Waals surface area (Å²) in [6.45, 7) is 2.63. The first-order valence-electron chi connectivity index (χ1n) is 7.07. The zero-order valence-electron chi connectivity index (χ0n) is 12.5. The topological polar surface area (TPSA) is 73.6 Å². The van der Waals surface area contributed by atoms with E-state index in [1.807, 2.05) is 43.3 Å². The number of amides is 1. The molecule has 2 rings (SSSR count). The van der Waals surface area contributed by atoms with E-state index >= 15 is 0 Å². The quantitative estimate of drug-likeness (QED) is 0.609. The normalized spacial score (nSPS) is 10.2. The molecule has 0 aliphatic carbocycles. The number of carbonyl (C=O) groups excluding carboxylic acids is 1. The Morgan fingerprint density at radius 1 is 1.14 bits per heavy atom. The molecule has 0 saturated carbocycles. The van der Waals surface area contributed by atoms with E-state index in [-0.39, 0.29) is 12.5 Å². The first-order valence-corrected chi connectivity index (χ1v) is 7.07. The summed E-state index contributed by atoms with van der Waals surface area (Å²) in [5, 5.41) is 2.77. The van der Waals surface area contributed by atoms with Crippen LogP contribution in [-0.2, 0) is 9.53 Å². The predicted octanol–water partition coefficient (Wildman–Crippen LogP) is 2.61. The van der Waals surface area contributed by atoms with Crippen molar-refractivity contribution >= 4 is 17.3 Å². The van der Waals surface area contributed by atoms with Crippen molar-refractivity contribution in [2.45, 2.75) is 6.92 Å². The van der Waals surface area contributed by atoms with Gasteiger partial charge >= 0.3 is 0 Å². The highest BCUT2D eigenvalue weighted by Crippen LogP contribution is 2.17. The second-order valence-electron chi connectivity index (χ2n) is 4.84. The highest BCUT2D eigenvalue weighted by Gasteiger charge is 2.05. The van der Waals surface area contributed by atoms with Crippen LogP contribution in [0.4, 0.5) is 11.4 Å². The molecule has 0 saturated heterocycles. The molecule has 5 heteroatoms. The van der Waals surface area contributed by atoms with E-state index in [9.17, 15) is 4.79 Å². The van der Waals surface area contributed by atoms with Gasteiger partial charge in [0.25, 0.3) is 0 Å². The number of ether oxygens (including phenoxy) is 2. The Kier molecular flexibility index (Phi) is 5.80. The molecule has 0 bridgehead atoms. The third-order valence-corrected chi connectivity index (χ3v) is 3.01. The van der Waals surface area contributed by atoms with E-state index in [1.165, 1.54) is 0 Å². The fraction of sp³-hybridized carbons (Fsp3) is 0.235. The van der Waals surface area contributed by atoms with Crippen LogP contribution in [0.25, 0.3) is 0 Å². The SMILES string of the molecule is Cc1ccc(N)cc1NC(=O)COCCOc1ccccc1. The van der Waals surface area contributed by atoms with Gasteiger partial charge < -0.3 is 20.5 Å². The Morgan fingerprint density at radius 3 is 2.68 bits per heavy atom. The maximum atomic E-state index is 11.8. The third-order valence-electron chi connectivity index (χ3n) is 3.01. The molecule has 116 valence electrons. The van der Waals surface area contributed by atoms with Crippen molar-refractivity contribution in [3.63, 3.8) is 0 Å². The van der Waals surface area contributed by atoms with Gasteiger partial charge in [0.1, 0.15) is 19.0 Å². The highest BCUT2D eigenvalue weighted by molar-refractivity contribution is 5.92. The fourth-order valence-corrected chi connectivity index (χ4v) is 1.86. The molecular formula is C17H20N2O3. The van der Waals surface area contributed by atoms with Crippen molar-refractivity contribution in [2.75, 3.05) is 30.9 Å². The molecule has 0 aliphatic heterocycles. The van der Waals surface area contributed by atoms with Crippen molar-refractivity contribution in [1.29, 1.82) is 0 Å². The van der Waals surface area contributed by atoms with Crippen molar-refractivity contribution in [3.05, 3.63) is 54.1 Å². The van der Waals surface area contributed by atoms with Crippen LogP contribution in [0, 0.1) is 6.92 Å². The van der Waals surface area contributed by atoms with E-state index in [0.29, 0.717) is 24.6 Å². The number of nitrogens with one attached hydrogen (secondary N) is 1. The summed E-state index contributed by atoms with van der Waals surface area (Å²) in [5.74, 6) is 0.569. The van der Waals surface area contributed by atoms with Crippen LogP contribution in [0.1, 0.15) is 5.56 Å². The van der Waals surface area contributed by atoms with E-state index in [1.54, 1.807) is 12.1 Å². The first kappa shape index (κ1) is 15.9. The standard InChI is InChI=1S/C17H20N2O3/c1-13-7-8-14(18)11-16(13)19-17(20)12-21-9-10-22-15-5-3-2-4-6-15/h2-8,11H,9-10,12,18H2,1H3,(H,19,20). The number of anilines is 2. The average Bonchev–Trinajstić information content (AvgIpc) is 2.51. The number of aryl methyl sites for hydroxylation is 1. The fourth-order valence-electron chi connectivity index (χ4n) is 1.86. The van der Waals surface area contributed by atoms with Gasteiger partial charge in [0, 0.05) is 11.4 Å². The minimum Gasteiger partial charge on any atom is -0.491 e. The molecule has 0 unspecified atom stereocenters. The lowest BCUT2D eigenvalue weighted by atomic mass is 10.2. The van der Waals surface area contributed by atoms with Crippen LogP contribution in [-0.4, -0.2) is 25.7 Å². The molecule has 0 fully saturated rings. The Balaban J connectivity index is 1.66. The predicted molar refractivity (Wildman–Crippen MR) is 87.0 cm³/mol. The number of hydrogen-bond donors (Lipinski definition) is 2. The van der Waals surface area contributed by atoms with Crippen LogP contribution in [0.5, 0.6) is 5.75 Å². The van der Waals surface area contributed by atoms with Gasteiger partial charge in [-0.1, -0.05) is 24.3 Å². The van der Waals surface area contributed by atoms with Gasteiger partial charge in [-0.25, -0.2) is 0 Å². The van der Waals surface area contributed by atoms with Gasteiger partial charge in [0.2, 0.25) is 5.91 Å². The molecule has 0 spiro atoms. The number of hydrogen-bond acceptors (Lipinski definition) is 4. The third kappa shape index (κ3) is 5.10. The zero-order valence-corrected chi connectivity index (χ0v) is 12.5. The minimum atomic E-state index is -0.214. The number of nitrogens with two attached hydrogens (primary N) is 1. The lowest BCUT2D eigenvalue weighted by molar-refractivity contribution is -0.120. The van der Waals surface area contributed by atoms with Gasteiger partial charge in [-0.15, -0.1) is 0 Å². The monoisotopic (exact) mass is 300 g/mol. The number of benzene rings is 2. The maximum Gasteiger partial charge on any atom is 0.250 e. The van der Waals surface area contributed by atoms with Crippen molar-refractivity contribution in [1.82, 2.24) is 0 Å². The average molecular weight is 300 g/mol. The van der Waals surface area contributed by atoms with Gasteiger partial charge in [-0.05, 0) is 36.8 Å². The maximum absolute atomic E-state index is 11.8. The lowest BCUT2D eigenvalue weighted by Crippen LogP contribution is -2.20. The van der Waals surface area contributed by atoms with Crippen LogP contribution < -0.4 is 15.8 Å². The first-order chi connectivity index (χ1) is 10.6. The molecule has 22 heavy (non-hydrogen) atoms. The Labute approximate surface area is 130 Å². The highest BCUT2D eigenvalue weighted by atomic mass is 16.5. The summed E-state index contributed by atoms with van der Waals surface area (Å²) < 4.78 is 10.8. The summed E-state index contributed by atoms with van der Waals surface area (Å²) in [4.78, 5) is 11.8. The molecule has 0 radical (unpaired) electrons. The second-order valence-corrected chi connectivity index (χ2v) is 4.84. The number of rotatable bonds is 7. The van der Waals surface area contributed by atoms with Crippen LogP contribution in [0.2, 0.25) is 0 Å². The van der Waals surface area contributed by atoms with Gasteiger partial charge in [-0.2, -0.15) is 0 Å². The summed E-state index contributed by atoms with van der Waals surface area (Å²) >= 11 is 0. The molecule has 2 aromatic carbocycles. The summed E-state index contributed by atoms with van der Waals surface area (Å²) in [5.41, 5.74) is 7.96. The Bertz CT molecular complexity index is 615. The Morgan fingerprint density at radius 2 is 1.91 bits per heavy atom. The number of carbonyl (C=O) groups is 1. The molecular weight excluding hydrogens is 280 g/mol. The van der Waals surface area contributed by atoms with E-state index in [2.05, 4.69) is 5.32 Å². The second kappa shape index (κ2) is 8.05.